The molecular weight excluding hydrogens is 224 g/mol. The van der Waals surface area contributed by atoms with Crippen LogP contribution in [-0.2, 0) is 15.9 Å². The Morgan fingerprint density at radius 1 is 1.31 bits per heavy atom. The third-order valence-corrected chi connectivity index (χ3v) is 3.02. The molecule has 1 unspecified atom stereocenters. The molecule has 92 valence electrons. The van der Waals surface area contributed by atoms with Crippen LogP contribution in [0, 0.1) is 0 Å². The summed E-state index contributed by atoms with van der Waals surface area (Å²) in [7, 11) is 0. The molecule has 3 nitrogen and oxygen atoms in total. The molecule has 0 aliphatic carbocycles. The van der Waals surface area contributed by atoms with E-state index < -0.39 is 12.4 Å². The zero-order chi connectivity index (χ0) is 11.8. The summed E-state index contributed by atoms with van der Waals surface area (Å²) in [6, 6.07) is 2.08. The highest BCUT2D eigenvalue weighted by Gasteiger charge is 2.19. The Hall–Kier alpha value is -0.420. The van der Waals surface area contributed by atoms with Crippen LogP contribution in [0.4, 0.5) is 0 Å². The Labute approximate surface area is 101 Å². The van der Waals surface area contributed by atoms with E-state index >= 15 is 0 Å². The molecule has 1 N–H and O–H groups in total. The first-order valence-corrected chi connectivity index (χ1v) is 6.64. The Bertz CT molecular complexity index is 255. The van der Waals surface area contributed by atoms with Crippen LogP contribution in [0.1, 0.15) is 25.8 Å². The molecule has 0 aliphatic rings. The van der Waals surface area contributed by atoms with Crippen molar-refractivity contribution in [2.45, 2.75) is 39.1 Å². The van der Waals surface area contributed by atoms with Crippen molar-refractivity contribution in [3.8, 4) is 0 Å². The zero-order valence-electron chi connectivity index (χ0n) is 9.89. The third kappa shape index (κ3) is 4.61. The lowest BCUT2D eigenvalue weighted by atomic mass is 10.1. The van der Waals surface area contributed by atoms with Crippen molar-refractivity contribution < 1.29 is 14.6 Å². The maximum atomic E-state index is 9.92. The molecule has 0 saturated carbocycles. The van der Waals surface area contributed by atoms with Crippen LogP contribution < -0.4 is 0 Å². The van der Waals surface area contributed by atoms with E-state index in [0.29, 0.717) is 19.6 Å². The number of aryl methyl sites for hydroxylation is 1. The average Bonchev–Trinajstić information content (AvgIpc) is 2.78. The molecule has 1 aromatic heterocycles. The standard InChI is InChI=1S/C12H20O3S/c1-3-14-12(15-4-2)11(13)6-5-10-7-8-16-9-10/h7-9,11-13H,3-6H2,1-2H3. The van der Waals surface area contributed by atoms with E-state index in [1.165, 1.54) is 5.56 Å². The lowest BCUT2D eigenvalue weighted by Gasteiger charge is -2.22. The van der Waals surface area contributed by atoms with Gasteiger partial charge in [-0.1, -0.05) is 0 Å². The topological polar surface area (TPSA) is 38.7 Å². The predicted octanol–water partition coefficient (Wildman–Crippen LogP) is 2.44. The fourth-order valence-electron chi connectivity index (χ4n) is 1.48. The lowest BCUT2D eigenvalue weighted by molar-refractivity contribution is -0.190. The Morgan fingerprint density at radius 2 is 2.00 bits per heavy atom. The van der Waals surface area contributed by atoms with Crippen molar-refractivity contribution in [1.82, 2.24) is 0 Å². The van der Waals surface area contributed by atoms with E-state index in [1.54, 1.807) is 11.3 Å². The average molecular weight is 244 g/mol. The summed E-state index contributed by atoms with van der Waals surface area (Å²) < 4.78 is 10.7. The molecule has 0 bridgehead atoms. The van der Waals surface area contributed by atoms with Gasteiger partial charge < -0.3 is 14.6 Å². The van der Waals surface area contributed by atoms with Crippen molar-refractivity contribution in [1.29, 1.82) is 0 Å². The minimum absolute atomic E-state index is 0.492. The molecule has 1 rings (SSSR count). The van der Waals surface area contributed by atoms with Gasteiger partial charge in [0.25, 0.3) is 0 Å². The van der Waals surface area contributed by atoms with E-state index in [0.717, 1.165) is 6.42 Å². The second-order valence-corrected chi connectivity index (χ2v) is 4.30. The number of hydrogen-bond acceptors (Lipinski definition) is 4. The second-order valence-electron chi connectivity index (χ2n) is 3.52. The summed E-state index contributed by atoms with van der Waals surface area (Å²) in [5.41, 5.74) is 1.26. The molecule has 1 heterocycles. The van der Waals surface area contributed by atoms with Crippen molar-refractivity contribution >= 4 is 11.3 Å². The second kappa shape index (κ2) is 7.79. The van der Waals surface area contributed by atoms with Gasteiger partial charge >= 0.3 is 0 Å². The summed E-state index contributed by atoms with van der Waals surface area (Å²) in [6.07, 6.45) is 0.483. The van der Waals surface area contributed by atoms with Crippen LogP contribution in [-0.4, -0.2) is 30.7 Å². The van der Waals surface area contributed by atoms with E-state index in [4.69, 9.17) is 9.47 Å². The Kier molecular flexibility index (Phi) is 6.64. The maximum Gasteiger partial charge on any atom is 0.183 e. The molecule has 1 aromatic rings. The van der Waals surface area contributed by atoms with Gasteiger partial charge in [0.2, 0.25) is 0 Å². The van der Waals surface area contributed by atoms with E-state index in [1.807, 2.05) is 19.2 Å². The molecule has 0 spiro atoms. The van der Waals surface area contributed by atoms with Crippen LogP contribution in [0.25, 0.3) is 0 Å². The van der Waals surface area contributed by atoms with Gasteiger partial charge in [0.1, 0.15) is 6.10 Å². The SMILES string of the molecule is CCOC(OCC)C(O)CCc1ccsc1. The van der Waals surface area contributed by atoms with Gasteiger partial charge in [0.05, 0.1) is 0 Å². The first-order valence-electron chi connectivity index (χ1n) is 5.70. The van der Waals surface area contributed by atoms with Gasteiger partial charge in [-0.25, -0.2) is 0 Å². The van der Waals surface area contributed by atoms with E-state index in [9.17, 15) is 5.11 Å². The normalized spacial score (nSPS) is 13.2. The first-order chi connectivity index (χ1) is 7.77. The van der Waals surface area contributed by atoms with Crippen LogP contribution >= 0.6 is 11.3 Å². The van der Waals surface area contributed by atoms with Crippen molar-refractivity contribution in [3.05, 3.63) is 22.4 Å². The highest BCUT2D eigenvalue weighted by molar-refractivity contribution is 7.07. The van der Waals surface area contributed by atoms with Crippen LogP contribution in [0.15, 0.2) is 16.8 Å². The smallest absolute Gasteiger partial charge is 0.183 e. The summed E-state index contributed by atoms with van der Waals surface area (Å²) in [6.45, 7) is 4.91. The minimum atomic E-state index is -0.556. The van der Waals surface area contributed by atoms with Crippen LogP contribution in [0.2, 0.25) is 0 Å². The quantitative estimate of drug-likeness (QED) is 0.714. The number of hydrogen-bond donors (Lipinski definition) is 1. The first kappa shape index (κ1) is 13.6. The monoisotopic (exact) mass is 244 g/mol. The summed E-state index contributed by atoms with van der Waals surface area (Å²) in [5, 5.41) is 14.1. The molecule has 0 amide bonds. The molecule has 0 radical (unpaired) electrons. The largest absolute Gasteiger partial charge is 0.388 e. The van der Waals surface area contributed by atoms with Gasteiger partial charge in [0.15, 0.2) is 6.29 Å². The lowest BCUT2D eigenvalue weighted by Crippen LogP contribution is -2.32. The molecule has 0 fully saturated rings. The number of aliphatic hydroxyl groups is 1. The molecule has 0 aromatic carbocycles. The van der Waals surface area contributed by atoms with Crippen molar-refractivity contribution in [3.63, 3.8) is 0 Å². The van der Waals surface area contributed by atoms with Gasteiger partial charge in [-0.2, -0.15) is 11.3 Å². The number of ether oxygens (including phenoxy) is 2. The summed E-state index contributed by atoms with van der Waals surface area (Å²) in [5.74, 6) is 0. The molecular formula is C12H20O3S. The summed E-state index contributed by atoms with van der Waals surface area (Å²) >= 11 is 1.68. The number of thiophene rings is 1. The number of rotatable bonds is 8. The molecule has 0 aliphatic heterocycles. The minimum Gasteiger partial charge on any atom is -0.388 e. The van der Waals surface area contributed by atoms with Gasteiger partial charge in [-0.3, -0.25) is 0 Å². The van der Waals surface area contributed by atoms with Gasteiger partial charge in [-0.15, -0.1) is 0 Å². The fourth-order valence-corrected chi connectivity index (χ4v) is 2.19. The fraction of sp³-hybridized carbons (Fsp3) is 0.667. The Morgan fingerprint density at radius 3 is 2.50 bits per heavy atom. The van der Waals surface area contributed by atoms with Gasteiger partial charge in [-0.05, 0) is 49.1 Å². The molecule has 1 atom stereocenters. The molecule has 4 heteroatoms. The van der Waals surface area contributed by atoms with Crippen LogP contribution in [0.3, 0.4) is 0 Å². The zero-order valence-corrected chi connectivity index (χ0v) is 10.7. The van der Waals surface area contributed by atoms with Crippen LogP contribution in [0.5, 0.6) is 0 Å². The number of aliphatic hydroxyl groups excluding tert-OH is 1. The highest BCUT2D eigenvalue weighted by atomic mass is 32.1. The molecule has 16 heavy (non-hydrogen) atoms. The van der Waals surface area contributed by atoms with E-state index in [2.05, 4.69) is 11.4 Å². The van der Waals surface area contributed by atoms with Crippen molar-refractivity contribution in [2.24, 2.45) is 0 Å². The summed E-state index contributed by atoms with van der Waals surface area (Å²) in [4.78, 5) is 0. The van der Waals surface area contributed by atoms with Gasteiger partial charge in [0, 0.05) is 13.2 Å². The Balaban J connectivity index is 2.33. The predicted molar refractivity (Wildman–Crippen MR) is 65.7 cm³/mol. The highest BCUT2D eigenvalue weighted by Crippen LogP contribution is 2.13. The van der Waals surface area contributed by atoms with E-state index in [-0.39, 0.29) is 0 Å². The molecule has 0 saturated heterocycles. The van der Waals surface area contributed by atoms with Crippen molar-refractivity contribution in [2.75, 3.05) is 13.2 Å². The maximum absolute atomic E-state index is 9.92. The third-order valence-electron chi connectivity index (χ3n) is 2.28.